The van der Waals surface area contributed by atoms with E-state index in [2.05, 4.69) is 0 Å². The summed E-state index contributed by atoms with van der Waals surface area (Å²) in [5.41, 5.74) is 6.08. The first-order valence-corrected chi connectivity index (χ1v) is 4.09. The van der Waals surface area contributed by atoms with Crippen LogP contribution in [-0.4, -0.2) is 18.9 Å². The topological polar surface area (TPSA) is 52.3 Å². The maximum absolute atomic E-state index is 11.4. The lowest BCUT2D eigenvalue weighted by Gasteiger charge is -2.04. The molecule has 3 nitrogen and oxygen atoms in total. The van der Waals surface area contributed by atoms with Gasteiger partial charge in [-0.25, -0.2) is 0 Å². The summed E-state index contributed by atoms with van der Waals surface area (Å²) in [4.78, 5) is 11.4. The number of hydrogen-bond donors (Lipinski definition) is 1. The van der Waals surface area contributed by atoms with Gasteiger partial charge in [-0.15, -0.1) is 12.4 Å². The Hall–Kier alpha value is -1.06. The predicted molar refractivity (Wildman–Crippen MR) is 58.2 cm³/mol. The van der Waals surface area contributed by atoms with Crippen molar-refractivity contribution < 1.29 is 9.53 Å². The lowest BCUT2D eigenvalue weighted by atomic mass is 10.1. The van der Waals surface area contributed by atoms with E-state index in [1.165, 1.54) is 0 Å². The molecule has 0 saturated heterocycles. The molecule has 2 N–H and O–H groups in total. The molecule has 0 amide bonds. The molecule has 0 aliphatic carbocycles. The number of Topliss-reactive ketones (excluding diaryl/α,β-unsaturated/α-hetero) is 1. The first-order valence-electron chi connectivity index (χ1n) is 4.09. The molecule has 0 fully saturated rings. The van der Waals surface area contributed by atoms with Gasteiger partial charge in [-0.05, 0) is 31.2 Å². The summed E-state index contributed by atoms with van der Waals surface area (Å²) in [6, 6.07) is 6.47. The van der Waals surface area contributed by atoms with Crippen LogP contribution in [0.25, 0.3) is 0 Å². The van der Waals surface area contributed by atoms with Crippen LogP contribution in [0.5, 0.6) is 5.75 Å². The maximum Gasteiger partial charge on any atom is 0.179 e. The molecule has 1 atom stereocenters. The summed E-state index contributed by atoms with van der Waals surface area (Å²) >= 11 is 0. The number of hydrogen-bond acceptors (Lipinski definition) is 3. The van der Waals surface area contributed by atoms with Crippen LogP contribution < -0.4 is 10.5 Å². The van der Waals surface area contributed by atoms with Crippen molar-refractivity contribution in [1.82, 2.24) is 0 Å². The summed E-state index contributed by atoms with van der Waals surface area (Å²) in [6.45, 7) is 1.67. The van der Waals surface area contributed by atoms with Gasteiger partial charge >= 0.3 is 0 Å². The monoisotopic (exact) mass is 215 g/mol. The zero-order valence-corrected chi connectivity index (χ0v) is 9.01. The Kier molecular flexibility index (Phi) is 5.20. The molecule has 0 saturated carbocycles. The highest BCUT2D eigenvalue weighted by molar-refractivity contribution is 5.99. The lowest BCUT2D eigenvalue weighted by Crippen LogP contribution is -2.26. The minimum atomic E-state index is -0.451. The molecule has 0 radical (unpaired) electrons. The van der Waals surface area contributed by atoms with Crippen molar-refractivity contribution in [3.63, 3.8) is 0 Å². The van der Waals surface area contributed by atoms with E-state index in [4.69, 9.17) is 10.5 Å². The van der Waals surface area contributed by atoms with E-state index in [9.17, 15) is 4.79 Å². The van der Waals surface area contributed by atoms with Crippen molar-refractivity contribution in [2.45, 2.75) is 13.0 Å². The van der Waals surface area contributed by atoms with Crippen LogP contribution in [-0.2, 0) is 0 Å². The summed E-state index contributed by atoms with van der Waals surface area (Å²) in [7, 11) is 1.59. The SMILES string of the molecule is COc1ccc(C(=O)C(C)N)cc1.Cl. The molecule has 0 aromatic heterocycles. The molecule has 0 aliphatic rings. The third-order valence-electron chi connectivity index (χ3n) is 1.79. The van der Waals surface area contributed by atoms with Gasteiger partial charge in [0.1, 0.15) is 5.75 Å². The van der Waals surface area contributed by atoms with Gasteiger partial charge in [0.25, 0.3) is 0 Å². The van der Waals surface area contributed by atoms with E-state index in [1.54, 1.807) is 38.3 Å². The van der Waals surface area contributed by atoms with E-state index < -0.39 is 6.04 Å². The highest BCUT2D eigenvalue weighted by Crippen LogP contribution is 2.12. The molecule has 0 spiro atoms. The molecule has 0 heterocycles. The minimum absolute atomic E-state index is 0. The minimum Gasteiger partial charge on any atom is -0.497 e. The summed E-state index contributed by atoms with van der Waals surface area (Å²) in [5.74, 6) is 0.684. The maximum atomic E-state index is 11.4. The van der Waals surface area contributed by atoms with Gasteiger partial charge in [-0.2, -0.15) is 0 Å². The largest absolute Gasteiger partial charge is 0.497 e. The van der Waals surface area contributed by atoms with Crippen molar-refractivity contribution in [1.29, 1.82) is 0 Å². The van der Waals surface area contributed by atoms with Crippen LogP contribution in [0.1, 0.15) is 17.3 Å². The second-order valence-electron chi connectivity index (χ2n) is 2.88. The first-order chi connectivity index (χ1) is 6.15. The van der Waals surface area contributed by atoms with Crippen LogP contribution in [0.15, 0.2) is 24.3 Å². The molecule has 14 heavy (non-hydrogen) atoms. The normalized spacial score (nSPS) is 11.4. The Bertz CT molecular complexity index is 295. The van der Waals surface area contributed by atoms with E-state index in [0.717, 1.165) is 5.75 Å². The van der Waals surface area contributed by atoms with E-state index in [0.29, 0.717) is 5.56 Å². The van der Waals surface area contributed by atoms with Crippen LogP contribution >= 0.6 is 12.4 Å². The fourth-order valence-corrected chi connectivity index (χ4v) is 1.02. The number of rotatable bonds is 3. The summed E-state index contributed by atoms with van der Waals surface area (Å²) in [5, 5.41) is 0. The predicted octanol–water partition coefficient (Wildman–Crippen LogP) is 1.65. The molecule has 78 valence electrons. The van der Waals surface area contributed by atoms with Crippen molar-refractivity contribution in [2.24, 2.45) is 5.73 Å². The standard InChI is InChI=1S/C10H13NO2.ClH/c1-7(11)10(12)8-3-5-9(13-2)6-4-8;/h3-7H,11H2,1-2H3;1H. The molecule has 4 heteroatoms. The van der Waals surface area contributed by atoms with E-state index in [1.807, 2.05) is 0 Å². The quantitative estimate of drug-likeness (QED) is 0.781. The third kappa shape index (κ3) is 3.01. The van der Waals surface area contributed by atoms with Gasteiger partial charge in [0.15, 0.2) is 5.78 Å². The average Bonchev–Trinajstić information content (AvgIpc) is 2.17. The summed E-state index contributed by atoms with van der Waals surface area (Å²) < 4.78 is 4.97. The number of ether oxygens (including phenoxy) is 1. The van der Waals surface area contributed by atoms with Gasteiger partial charge in [0, 0.05) is 5.56 Å². The summed E-state index contributed by atoms with van der Waals surface area (Å²) in [6.07, 6.45) is 0. The number of carbonyl (C=O) groups is 1. The molecule has 1 aromatic rings. The van der Waals surface area contributed by atoms with Gasteiger partial charge in [-0.1, -0.05) is 0 Å². The molecular formula is C10H14ClNO2. The van der Waals surface area contributed by atoms with Gasteiger partial charge in [-0.3, -0.25) is 4.79 Å². The Morgan fingerprint density at radius 1 is 1.36 bits per heavy atom. The van der Waals surface area contributed by atoms with Crippen molar-refractivity contribution >= 4 is 18.2 Å². The zero-order chi connectivity index (χ0) is 9.84. The second kappa shape index (κ2) is 5.62. The molecule has 1 unspecified atom stereocenters. The Morgan fingerprint density at radius 3 is 2.21 bits per heavy atom. The smallest absolute Gasteiger partial charge is 0.179 e. The Labute approximate surface area is 89.7 Å². The lowest BCUT2D eigenvalue weighted by molar-refractivity contribution is 0.0968. The molecular weight excluding hydrogens is 202 g/mol. The van der Waals surface area contributed by atoms with E-state index in [-0.39, 0.29) is 18.2 Å². The fourth-order valence-electron chi connectivity index (χ4n) is 1.02. The fraction of sp³-hybridized carbons (Fsp3) is 0.300. The molecule has 0 bridgehead atoms. The van der Waals surface area contributed by atoms with Crippen molar-refractivity contribution in [2.75, 3.05) is 7.11 Å². The number of carbonyl (C=O) groups excluding carboxylic acids is 1. The average molecular weight is 216 g/mol. The van der Waals surface area contributed by atoms with Gasteiger partial charge < -0.3 is 10.5 Å². The van der Waals surface area contributed by atoms with Crippen LogP contribution in [0, 0.1) is 0 Å². The Morgan fingerprint density at radius 2 is 1.86 bits per heavy atom. The van der Waals surface area contributed by atoms with Gasteiger partial charge in [0.05, 0.1) is 13.2 Å². The molecule has 1 aromatic carbocycles. The van der Waals surface area contributed by atoms with Crippen LogP contribution in [0.3, 0.4) is 0 Å². The van der Waals surface area contributed by atoms with Crippen molar-refractivity contribution in [3.8, 4) is 5.75 Å². The molecule has 1 rings (SSSR count). The number of halogens is 1. The number of methoxy groups -OCH3 is 1. The second-order valence-corrected chi connectivity index (χ2v) is 2.88. The highest BCUT2D eigenvalue weighted by atomic mass is 35.5. The Balaban J connectivity index is 0.00000169. The van der Waals surface area contributed by atoms with Crippen LogP contribution in [0.4, 0.5) is 0 Å². The third-order valence-corrected chi connectivity index (χ3v) is 1.79. The van der Waals surface area contributed by atoms with Crippen LogP contribution in [0.2, 0.25) is 0 Å². The number of ketones is 1. The van der Waals surface area contributed by atoms with Crippen molar-refractivity contribution in [3.05, 3.63) is 29.8 Å². The molecule has 0 aliphatic heterocycles. The number of benzene rings is 1. The highest BCUT2D eigenvalue weighted by Gasteiger charge is 2.09. The first kappa shape index (κ1) is 12.9. The zero-order valence-electron chi connectivity index (χ0n) is 8.19. The van der Waals surface area contributed by atoms with E-state index >= 15 is 0 Å². The van der Waals surface area contributed by atoms with Gasteiger partial charge in [0.2, 0.25) is 0 Å². The number of nitrogens with two attached hydrogens (primary N) is 1.